The monoisotopic (exact) mass is 395 g/mol. The maximum Gasteiger partial charge on any atom is 0.336 e. The second-order valence-corrected chi connectivity index (χ2v) is 9.13. The smallest absolute Gasteiger partial charge is 0.336 e. The molecule has 0 heterocycles. The van der Waals surface area contributed by atoms with Gasteiger partial charge < -0.3 is 15.5 Å². The molecule has 1 aliphatic rings. The van der Waals surface area contributed by atoms with Gasteiger partial charge in [0.05, 0.1) is 23.8 Å². The summed E-state index contributed by atoms with van der Waals surface area (Å²) in [7, 11) is 0. The number of amides is 1. The van der Waals surface area contributed by atoms with E-state index in [1.165, 1.54) is 23.3 Å². The molecule has 2 aromatic carbocycles. The average molecular weight is 395 g/mol. The van der Waals surface area contributed by atoms with Crippen molar-refractivity contribution in [2.24, 2.45) is 0 Å². The molecule has 0 fully saturated rings. The molecule has 0 aliphatic heterocycles. The highest BCUT2D eigenvalue weighted by molar-refractivity contribution is 6.04. The maximum atomic E-state index is 12.7. The molecule has 0 saturated heterocycles. The molecule has 1 amide bonds. The van der Waals surface area contributed by atoms with Crippen molar-refractivity contribution in [3.63, 3.8) is 0 Å². The third kappa shape index (κ3) is 4.06. The van der Waals surface area contributed by atoms with Crippen molar-refractivity contribution in [2.75, 3.05) is 6.61 Å². The molecular weight excluding hydrogens is 366 g/mol. The van der Waals surface area contributed by atoms with Crippen molar-refractivity contribution in [1.82, 2.24) is 5.32 Å². The van der Waals surface area contributed by atoms with Crippen LogP contribution in [0, 0.1) is 0 Å². The Hall–Kier alpha value is -2.66. The summed E-state index contributed by atoms with van der Waals surface area (Å²) in [5.74, 6) is -1.67. The molecule has 0 radical (unpaired) electrons. The zero-order valence-electron chi connectivity index (χ0n) is 17.5. The third-order valence-electron chi connectivity index (χ3n) is 6.17. The van der Waals surface area contributed by atoms with Gasteiger partial charge >= 0.3 is 5.97 Å². The molecule has 0 spiro atoms. The molecule has 154 valence electrons. The summed E-state index contributed by atoms with van der Waals surface area (Å²) in [6.45, 7) is 8.66. The predicted molar refractivity (Wildman–Crippen MR) is 112 cm³/mol. The normalized spacial score (nSPS) is 17.8. The number of hydrogen-bond donors (Lipinski definition) is 3. The van der Waals surface area contributed by atoms with Crippen LogP contribution in [-0.4, -0.2) is 28.7 Å². The summed E-state index contributed by atoms with van der Waals surface area (Å²) in [4.78, 5) is 24.2. The molecule has 1 aliphatic carbocycles. The number of carbonyl (C=O) groups is 2. The lowest BCUT2D eigenvalue weighted by atomic mass is 9.63. The number of aliphatic hydroxyl groups is 1. The lowest BCUT2D eigenvalue weighted by Crippen LogP contribution is -2.35. The average Bonchev–Trinajstić information content (AvgIpc) is 2.69. The van der Waals surface area contributed by atoms with Crippen molar-refractivity contribution in [1.29, 1.82) is 0 Å². The number of carbonyl (C=O) groups excluding carboxylic acids is 1. The first-order valence-corrected chi connectivity index (χ1v) is 9.96. The number of nitrogens with one attached hydrogen (secondary N) is 1. The summed E-state index contributed by atoms with van der Waals surface area (Å²) in [6.07, 6.45) is 2.18. The van der Waals surface area contributed by atoms with Crippen LogP contribution < -0.4 is 5.32 Å². The van der Waals surface area contributed by atoms with Crippen LogP contribution >= 0.6 is 0 Å². The van der Waals surface area contributed by atoms with E-state index >= 15 is 0 Å². The Kier molecular flexibility index (Phi) is 5.54. The van der Waals surface area contributed by atoms with Crippen molar-refractivity contribution in [2.45, 2.75) is 57.4 Å². The minimum absolute atomic E-state index is 0.0147. The number of aromatic carboxylic acids is 1. The zero-order chi connectivity index (χ0) is 21.4. The number of benzene rings is 2. The Morgan fingerprint density at radius 1 is 0.966 bits per heavy atom. The minimum Gasteiger partial charge on any atom is -0.478 e. The number of fused-ring (bicyclic) bond motifs is 1. The number of carboxylic acid groups (broad SMARTS) is 1. The van der Waals surface area contributed by atoms with E-state index in [2.05, 4.69) is 45.1 Å². The number of hydrogen-bond acceptors (Lipinski definition) is 3. The van der Waals surface area contributed by atoms with E-state index in [1.54, 1.807) is 12.1 Å². The van der Waals surface area contributed by atoms with Crippen LogP contribution in [-0.2, 0) is 10.8 Å². The van der Waals surface area contributed by atoms with Gasteiger partial charge in [0.2, 0.25) is 0 Å². The van der Waals surface area contributed by atoms with Crippen molar-refractivity contribution < 1.29 is 19.8 Å². The van der Waals surface area contributed by atoms with Gasteiger partial charge in [-0.1, -0.05) is 58.0 Å². The van der Waals surface area contributed by atoms with Crippen molar-refractivity contribution in [3.8, 4) is 0 Å². The van der Waals surface area contributed by atoms with E-state index < -0.39 is 17.9 Å². The maximum absolute atomic E-state index is 12.7. The quantitative estimate of drug-likeness (QED) is 0.708. The predicted octanol–water partition coefficient (Wildman–Crippen LogP) is 4.20. The summed E-state index contributed by atoms with van der Waals surface area (Å²) in [5, 5.41) is 22.1. The van der Waals surface area contributed by atoms with E-state index in [0.29, 0.717) is 0 Å². The fourth-order valence-electron chi connectivity index (χ4n) is 4.16. The van der Waals surface area contributed by atoms with Gasteiger partial charge in [0.25, 0.3) is 5.91 Å². The summed E-state index contributed by atoms with van der Waals surface area (Å²) >= 11 is 0. The highest BCUT2D eigenvalue weighted by Gasteiger charge is 2.37. The molecule has 1 atom stereocenters. The Bertz CT molecular complexity index is 946. The molecule has 3 N–H and O–H groups in total. The molecule has 0 bridgehead atoms. The van der Waals surface area contributed by atoms with Gasteiger partial charge in [-0.2, -0.15) is 0 Å². The van der Waals surface area contributed by atoms with Crippen LogP contribution in [0.3, 0.4) is 0 Å². The minimum atomic E-state index is -1.16. The van der Waals surface area contributed by atoms with Crippen molar-refractivity contribution >= 4 is 11.9 Å². The van der Waals surface area contributed by atoms with E-state index in [9.17, 15) is 19.8 Å². The van der Waals surface area contributed by atoms with Gasteiger partial charge in [-0.25, -0.2) is 4.79 Å². The third-order valence-corrected chi connectivity index (χ3v) is 6.17. The molecule has 2 aromatic rings. The van der Waals surface area contributed by atoms with Gasteiger partial charge in [-0.3, -0.25) is 4.79 Å². The Labute approximate surface area is 171 Å². The van der Waals surface area contributed by atoms with Gasteiger partial charge in [0, 0.05) is 0 Å². The lowest BCUT2D eigenvalue weighted by Gasteiger charge is -2.42. The molecule has 1 unspecified atom stereocenters. The second-order valence-electron chi connectivity index (χ2n) is 9.13. The van der Waals surface area contributed by atoms with Crippen LogP contribution in [0.25, 0.3) is 0 Å². The van der Waals surface area contributed by atoms with E-state index in [4.69, 9.17) is 0 Å². The molecule has 5 nitrogen and oxygen atoms in total. The molecule has 5 heteroatoms. The van der Waals surface area contributed by atoms with Crippen LogP contribution in [0.15, 0.2) is 42.5 Å². The summed E-state index contributed by atoms with van der Waals surface area (Å²) in [5.41, 5.74) is 3.48. The van der Waals surface area contributed by atoms with Crippen LogP contribution in [0.5, 0.6) is 0 Å². The molecule has 29 heavy (non-hydrogen) atoms. The Balaban J connectivity index is 1.94. The topological polar surface area (TPSA) is 86.6 Å². The molecule has 3 rings (SSSR count). The first kappa shape index (κ1) is 21.1. The summed E-state index contributed by atoms with van der Waals surface area (Å²) < 4.78 is 0. The first-order chi connectivity index (χ1) is 13.6. The highest BCUT2D eigenvalue weighted by atomic mass is 16.4. The molecule has 0 saturated carbocycles. The second kappa shape index (κ2) is 7.64. The highest BCUT2D eigenvalue weighted by Crippen LogP contribution is 2.46. The Morgan fingerprint density at radius 3 is 2.14 bits per heavy atom. The van der Waals surface area contributed by atoms with Crippen LogP contribution in [0.2, 0.25) is 0 Å². The standard InChI is InChI=1S/C24H29NO4/c1-23(2)11-12-24(3,4)19-13-15(9-10-18(19)23)20(14-26)25-21(27)16-7-5-6-8-17(16)22(28)29/h5-10,13,20,26H,11-12,14H2,1-4H3,(H,25,27)(H,28,29). The van der Waals surface area contributed by atoms with Gasteiger partial charge in [-0.15, -0.1) is 0 Å². The lowest BCUT2D eigenvalue weighted by molar-refractivity contribution is 0.0690. The fourth-order valence-corrected chi connectivity index (χ4v) is 4.16. The summed E-state index contributed by atoms with van der Waals surface area (Å²) in [6, 6.07) is 11.6. The SMILES string of the molecule is CC1(C)CCC(C)(C)c2cc(C(CO)NC(=O)c3ccccc3C(=O)O)ccc21. The number of aliphatic hydroxyl groups excluding tert-OH is 1. The Morgan fingerprint density at radius 2 is 1.55 bits per heavy atom. The molecular formula is C24H29NO4. The van der Waals surface area contributed by atoms with Crippen LogP contribution in [0.4, 0.5) is 0 Å². The fraction of sp³-hybridized carbons (Fsp3) is 0.417. The number of rotatable bonds is 5. The van der Waals surface area contributed by atoms with Crippen molar-refractivity contribution in [3.05, 3.63) is 70.3 Å². The van der Waals surface area contributed by atoms with Crippen LogP contribution in [0.1, 0.15) is 84.0 Å². The van der Waals surface area contributed by atoms with Gasteiger partial charge in [-0.05, 0) is 52.5 Å². The molecule has 0 aromatic heterocycles. The van der Waals surface area contributed by atoms with Gasteiger partial charge in [0.1, 0.15) is 0 Å². The first-order valence-electron chi connectivity index (χ1n) is 9.96. The van der Waals surface area contributed by atoms with Gasteiger partial charge in [0.15, 0.2) is 0 Å². The van der Waals surface area contributed by atoms with E-state index in [1.807, 2.05) is 6.07 Å². The zero-order valence-corrected chi connectivity index (χ0v) is 17.5. The largest absolute Gasteiger partial charge is 0.478 e. The number of carboxylic acids is 1. The van der Waals surface area contributed by atoms with E-state index in [0.717, 1.165) is 18.4 Å². The van der Waals surface area contributed by atoms with E-state index in [-0.39, 0.29) is 28.6 Å².